The second-order valence-electron chi connectivity index (χ2n) is 22.0. The minimum atomic E-state index is 1.14. The zero-order valence-corrected chi connectivity index (χ0v) is 46.3. The van der Waals surface area contributed by atoms with Crippen LogP contribution in [0.5, 0.6) is 0 Å². The predicted octanol–water partition coefficient (Wildman–Crippen LogP) is 23.5. The van der Waals surface area contributed by atoms with Crippen LogP contribution in [0.4, 0.5) is 0 Å². The van der Waals surface area contributed by atoms with Gasteiger partial charge in [0.15, 0.2) is 0 Å². The van der Waals surface area contributed by atoms with Crippen molar-refractivity contribution in [3.8, 4) is 122 Å². The zero-order valence-electron chi connectivity index (χ0n) is 46.3. The van der Waals surface area contributed by atoms with E-state index in [1.165, 1.54) is 116 Å². The lowest BCUT2D eigenvalue weighted by molar-refractivity contribution is 1.53. The molecule has 0 saturated carbocycles. The van der Waals surface area contributed by atoms with E-state index in [9.17, 15) is 0 Å². The first-order chi connectivity index (χ1) is 41.6. The number of hydrogen-bond donors (Lipinski definition) is 0. The molecule has 15 aromatic carbocycles. The van der Waals surface area contributed by atoms with Gasteiger partial charge in [-0.1, -0.05) is 267 Å². The van der Waals surface area contributed by atoms with E-state index in [1.54, 1.807) is 0 Å². The lowest BCUT2D eigenvalue weighted by Gasteiger charge is -2.18. The van der Waals surface area contributed by atoms with Crippen molar-refractivity contribution in [3.05, 3.63) is 340 Å². The van der Waals surface area contributed by atoms with Gasteiger partial charge >= 0.3 is 0 Å². The molecule has 15 aromatic rings. The van der Waals surface area contributed by atoms with Gasteiger partial charge in [0.05, 0.1) is 0 Å². The summed E-state index contributed by atoms with van der Waals surface area (Å²) in [5.74, 6) is 0. The van der Waals surface area contributed by atoms with Gasteiger partial charge in [0, 0.05) is 0 Å². The Morgan fingerprint density at radius 3 is 0.667 bits per heavy atom. The number of hydrogen-bond acceptors (Lipinski definition) is 0. The van der Waals surface area contributed by atoms with Gasteiger partial charge in [-0.15, -0.1) is 0 Å². The van der Waals surface area contributed by atoms with Crippen molar-refractivity contribution in [1.29, 1.82) is 0 Å². The van der Waals surface area contributed by atoms with Gasteiger partial charge < -0.3 is 0 Å². The third-order valence-electron chi connectivity index (χ3n) is 16.8. The summed E-state index contributed by atoms with van der Waals surface area (Å²) >= 11 is 0. The van der Waals surface area contributed by atoms with Crippen LogP contribution in [0.15, 0.2) is 340 Å². The summed E-state index contributed by atoms with van der Waals surface area (Å²) in [6, 6.07) is 125. The Kier molecular flexibility index (Phi) is 13.0. The molecule has 0 unspecified atom stereocenters. The molecule has 0 fully saturated rings. The average Bonchev–Trinajstić information content (AvgIpc) is 3.28. The molecule has 0 nitrogen and oxygen atoms in total. The largest absolute Gasteiger partial charge is 0.0622 e. The Bertz CT molecular complexity index is 4580. The molecule has 0 amide bonds. The molecule has 0 aliphatic carbocycles. The molecule has 0 N–H and O–H groups in total. The predicted molar refractivity (Wildman–Crippen MR) is 359 cm³/mol. The molecule has 0 radical (unpaired) electrons. The SMILES string of the molecule is c1ccc(-c2cc(-c3ccccc3)cc(-c3cccc(-c4cc(-c5cccc(-c6cc(-c7ccccc7)cc(-c7ccccc7)c6)c5)cc(-c5ccccc5-c5ccccc5-c5ccc6c7ccccc7c7ccccc7c6c5)c4)c3)c2)cc1. The fourth-order valence-electron chi connectivity index (χ4n) is 12.7. The molecule has 0 saturated heterocycles. The highest BCUT2D eigenvalue weighted by atomic mass is 14.2. The third kappa shape index (κ3) is 9.66. The fraction of sp³-hybridized carbons (Fsp3) is 0. The summed E-state index contributed by atoms with van der Waals surface area (Å²) in [6.45, 7) is 0. The van der Waals surface area contributed by atoms with Crippen LogP contribution in [0, 0.1) is 0 Å². The molecular formula is C84H56. The van der Waals surface area contributed by atoms with Gasteiger partial charge in [-0.05, 0) is 228 Å². The lowest BCUT2D eigenvalue weighted by atomic mass is 9.86. The Labute approximate surface area is 491 Å². The Hall–Kier alpha value is -10.9. The summed E-state index contributed by atoms with van der Waals surface area (Å²) in [7, 11) is 0. The maximum atomic E-state index is 2.42. The Morgan fingerprint density at radius 2 is 0.321 bits per heavy atom. The molecule has 0 heterocycles. The van der Waals surface area contributed by atoms with Gasteiger partial charge in [0.25, 0.3) is 0 Å². The van der Waals surface area contributed by atoms with Crippen molar-refractivity contribution in [2.24, 2.45) is 0 Å². The standard InChI is InChI=1S/C84H56/c1-5-23-57(24-6-1)66-47-67(58-25-7-2-8-26-58)50-70(49-66)61-31-21-33-63(45-61)72-53-73(64-34-22-32-62(46-64)71-51-68(59-27-9-3-10-28-59)48-69(52-71)60-29-11-4-12-30-60)55-74(54-72)76-36-14-16-38-78(76)77-37-15-13-35-75(77)65-43-44-83-81-41-18-17-39-79(81)80-40-19-20-42-82(80)84(83)56-65/h1-56H. The number of fused-ring (bicyclic) bond motifs is 6. The molecule has 0 aliphatic heterocycles. The van der Waals surface area contributed by atoms with Gasteiger partial charge in [-0.3, -0.25) is 0 Å². The van der Waals surface area contributed by atoms with Crippen molar-refractivity contribution in [2.45, 2.75) is 0 Å². The van der Waals surface area contributed by atoms with Crippen LogP contribution in [0.1, 0.15) is 0 Å². The van der Waals surface area contributed by atoms with E-state index < -0.39 is 0 Å². The van der Waals surface area contributed by atoms with Crippen LogP contribution < -0.4 is 0 Å². The Balaban J connectivity index is 0.902. The molecule has 0 spiro atoms. The van der Waals surface area contributed by atoms with Gasteiger partial charge in [-0.2, -0.15) is 0 Å². The minimum absolute atomic E-state index is 1.14. The first kappa shape index (κ1) is 50.1. The Morgan fingerprint density at radius 1 is 0.0952 bits per heavy atom. The summed E-state index contributed by atoms with van der Waals surface area (Å²) in [4.78, 5) is 0. The van der Waals surface area contributed by atoms with Crippen molar-refractivity contribution in [2.75, 3.05) is 0 Å². The van der Waals surface area contributed by atoms with Crippen molar-refractivity contribution < 1.29 is 0 Å². The highest BCUT2D eigenvalue weighted by Gasteiger charge is 2.18. The molecule has 84 heavy (non-hydrogen) atoms. The van der Waals surface area contributed by atoms with E-state index in [0.717, 1.165) is 38.9 Å². The summed E-state index contributed by atoms with van der Waals surface area (Å²) in [5.41, 5.74) is 25.9. The van der Waals surface area contributed by atoms with Crippen molar-refractivity contribution >= 4 is 32.3 Å². The maximum absolute atomic E-state index is 2.42. The zero-order chi connectivity index (χ0) is 55.8. The molecule has 0 aliphatic rings. The monoisotopic (exact) mass is 1060 g/mol. The quantitative estimate of drug-likeness (QED) is 0.113. The third-order valence-corrected chi connectivity index (χ3v) is 16.8. The van der Waals surface area contributed by atoms with Crippen LogP contribution in [-0.2, 0) is 0 Å². The number of benzene rings is 15. The molecule has 0 aromatic heterocycles. The average molecular weight is 1070 g/mol. The van der Waals surface area contributed by atoms with Crippen LogP contribution in [-0.4, -0.2) is 0 Å². The lowest BCUT2D eigenvalue weighted by Crippen LogP contribution is -1.92. The topological polar surface area (TPSA) is 0 Å². The second-order valence-corrected chi connectivity index (χ2v) is 22.0. The summed E-state index contributed by atoms with van der Waals surface area (Å²) in [5, 5.41) is 7.63. The van der Waals surface area contributed by atoms with E-state index in [1.807, 2.05) is 0 Å². The summed E-state index contributed by atoms with van der Waals surface area (Å²) < 4.78 is 0. The van der Waals surface area contributed by atoms with Crippen LogP contribution in [0.2, 0.25) is 0 Å². The molecule has 0 heteroatoms. The van der Waals surface area contributed by atoms with E-state index in [4.69, 9.17) is 0 Å². The minimum Gasteiger partial charge on any atom is -0.0622 e. The molecule has 15 rings (SSSR count). The second kappa shape index (κ2) is 21.9. The van der Waals surface area contributed by atoms with Crippen molar-refractivity contribution in [1.82, 2.24) is 0 Å². The maximum Gasteiger partial charge on any atom is -0.00928 e. The van der Waals surface area contributed by atoms with Gasteiger partial charge in [-0.25, -0.2) is 0 Å². The van der Waals surface area contributed by atoms with E-state index in [0.29, 0.717) is 0 Å². The highest BCUT2D eigenvalue weighted by Crippen LogP contribution is 2.45. The molecule has 0 atom stereocenters. The van der Waals surface area contributed by atoms with E-state index >= 15 is 0 Å². The van der Waals surface area contributed by atoms with E-state index in [-0.39, 0.29) is 0 Å². The van der Waals surface area contributed by atoms with Crippen molar-refractivity contribution in [3.63, 3.8) is 0 Å². The number of rotatable bonds is 11. The van der Waals surface area contributed by atoms with Crippen LogP contribution in [0.25, 0.3) is 155 Å². The molecule has 0 bridgehead atoms. The van der Waals surface area contributed by atoms with E-state index in [2.05, 4.69) is 340 Å². The smallest absolute Gasteiger partial charge is 0.00928 e. The first-order valence-corrected chi connectivity index (χ1v) is 29.0. The summed E-state index contributed by atoms with van der Waals surface area (Å²) in [6.07, 6.45) is 0. The first-order valence-electron chi connectivity index (χ1n) is 29.0. The molecule has 392 valence electrons. The van der Waals surface area contributed by atoms with Gasteiger partial charge in [0.2, 0.25) is 0 Å². The highest BCUT2D eigenvalue weighted by molar-refractivity contribution is 6.26. The fourth-order valence-corrected chi connectivity index (χ4v) is 12.7. The van der Waals surface area contributed by atoms with Crippen LogP contribution in [0.3, 0.4) is 0 Å². The molecular weight excluding hydrogens is 1010 g/mol. The normalized spacial score (nSPS) is 11.3. The van der Waals surface area contributed by atoms with Crippen LogP contribution >= 0.6 is 0 Å². The van der Waals surface area contributed by atoms with Gasteiger partial charge in [0.1, 0.15) is 0 Å².